The van der Waals surface area contributed by atoms with Gasteiger partial charge in [-0.15, -0.1) is 0 Å². The maximum atomic E-state index is 12.9. The van der Waals surface area contributed by atoms with Crippen LogP contribution in [-0.4, -0.2) is 30.1 Å². The van der Waals surface area contributed by atoms with Gasteiger partial charge in [0.25, 0.3) is 5.91 Å². The Morgan fingerprint density at radius 1 is 0.893 bits per heavy atom. The molecule has 0 bridgehead atoms. The Hall–Kier alpha value is -3.42. The molecule has 0 aliphatic carbocycles. The molecule has 3 N–H and O–H groups in total. The molecule has 0 unspecified atom stereocenters. The van der Waals surface area contributed by atoms with Gasteiger partial charge in [-0.25, -0.2) is 9.18 Å². The van der Waals surface area contributed by atoms with E-state index in [1.807, 2.05) is 0 Å². The molecule has 0 fully saturated rings. The lowest BCUT2D eigenvalue weighted by atomic mass is 10.2. The van der Waals surface area contributed by atoms with Crippen LogP contribution in [0.15, 0.2) is 48.5 Å². The molecule has 0 saturated heterocycles. The molecule has 7 nitrogen and oxygen atoms in total. The Bertz CT molecular complexity index is 843. The summed E-state index contributed by atoms with van der Waals surface area (Å²) in [5.74, 6) is -1.22. The number of nitrogens with one attached hydrogen (secondary N) is 3. The van der Waals surface area contributed by atoms with E-state index in [1.165, 1.54) is 24.3 Å². The van der Waals surface area contributed by atoms with E-state index in [1.54, 1.807) is 45.0 Å². The molecular formula is C20H22FN3O4. The fraction of sp³-hybridized carbons (Fsp3) is 0.250. The molecule has 2 aromatic rings. The lowest BCUT2D eigenvalue weighted by molar-refractivity contribution is -0.115. The minimum absolute atomic E-state index is 0.238. The Balaban J connectivity index is 1.83. The first kappa shape index (κ1) is 20.9. The monoisotopic (exact) mass is 387 g/mol. The number of carbonyl (C=O) groups excluding carboxylic acids is 3. The van der Waals surface area contributed by atoms with Gasteiger partial charge in [-0.2, -0.15) is 0 Å². The number of hydrogen-bond acceptors (Lipinski definition) is 4. The summed E-state index contributed by atoms with van der Waals surface area (Å²) < 4.78 is 17.9. The van der Waals surface area contributed by atoms with E-state index in [0.29, 0.717) is 16.9 Å². The van der Waals surface area contributed by atoms with Crippen molar-refractivity contribution < 1.29 is 23.5 Å². The summed E-state index contributed by atoms with van der Waals surface area (Å²) >= 11 is 0. The first-order valence-corrected chi connectivity index (χ1v) is 8.56. The quantitative estimate of drug-likeness (QED) is 0.731. The Morgan fingerprint density at radius 2 is 1.43 bits per heavy atom. The summed E-state index contributed by atoms with van der Waals surface area (Å²) in [6, 6.07) is 11.6. The molecule has 0 aliphatic heterocycles. The second-order valence-corrected chi connectivity index (χ2v) is 6.94. The third-order valence-corrected chi connectivity index (χ3v) is 3.33. The zero-order valence-corrected chi connectivity index (χ0v) is 15.8. The van der Waals surface area contributed by atoms with Crippen LogP contribution in [0.4, 0.5) is 20.6 Å². The molecule has 2 aromatic carbocycles. The molecule has 0 spiro atoms. The van der Waals surface area contributed by atoms with Crippen molar-refractivity contribution in [2.75, 3.05) is 17.2 Å². The molecule has 0 atom stereocenters. The van der Waals surface area contributed by atoms with E-state index in [9.17, 15) is 18.8 Å². The van der Waals surface area contributed by atoms with Crippen molar-refractivity contribution in [3.63, 3.8) is 0 Å². The SMILES string of the molecule is CC(C)(C)OC(=O)NCC(=O)Nc1ccc(NC(=O)c2ccc(F)cc2)cc1. The van der Waals surface area contributed by atoms with Crippen molar-refractivity contribution in [2.24, 2.45) is 0 Å². The van der Waals surface area contributed by atoms with Crippen LogP contribution in [0.2, 0.25) is 0 Å². The van der Waals surface area contributed by atoms with E-state index in [-0.39, 0.29) is 12.5 Å². The van der Waals surface area contributed by atoms with E-state index in [0.717, 1.165) is 0 Å². The largest absolute Gasteiger partial charge is 0.444 e. The standard InChI is InChI=1S/C20H22FN3O4/c1-20(2,3)28-19(27)22-12-17(25)23-15-8-10-16(11-9-15)24-18(26)13-4-6-14(21)7-5-13/h4-11H,12H2,1-3H3,(H,22,27)(H,23,25)(H,24,26). The van der Waals surface area contributed by atoms with Gasteiger partial charge < -0.3 is 20.7 Å². The Labute approximate surface area is 162 Å². The highest BCUT2D eigenvalue weighted by Crippen LogP contribution is 2.15. The van der Waals surface area contributed by atoms with E-state index in [2.05, 4.69) is 16.0 Å². The molecule has 0 saturated carbocycles. The summed E-state index contributed by atoms with van der Waals surface area (Å²) in [6.07, 6.45) is -0.679. The number of ether oxygens (including phenoxy) is 1. The Morgan fingerprint density at radius 3 is 1.96 bits per heavy atom. The fourth-order valence-corrected chi connectivity index (χ4v) is 2.11. The van der Waals surface area contributed by atoms with Gasteiger partial charge in [0.2, 0.25) is 5.91 Å². The number of rotatable bonds is 5. The summed E-state index contributed by atoms with van der Waals surface area (Å²) in [4.78, 5) is 35.5. The van der Waals surface area contributed by atoms with E-state index in [4.69, 9.17) is 4.74 Å². The second-order valence-electron chi connectivity index (χ2n) is 6.94. The van der Waals surface area contributed by atoms with Gasteiger partial charge in [-0.3, -0.25) is 9.59 Å². The minimum Gasteiger partial charge on any atom is -0.444 e. The number of amides is 3. The van der Waals surface area contributed by atoms with Crippen molar-refractivity contribution in [1.82, 2.24) is 5.32 Å². The highest BCUT2D eigenvalue weighted by atomic mass is 19.1. The van der Waals surface area contributed by atoms with Crippen molar-refractivity contribution in [1.29, 1.82) is 0 Å². The zero-order valence-electron chi connectivity index (χ0n) is 15.8. The molecule has 0 heterocycles. The summed E-state index contributed by atoms with van der Waals surface area (Å²) in [5.41, 5.74) is 0.691. The number of carbonyl (C=O) groups is 3. The molecule has 2 rings (SSSR count). The number of anilines is 2. The van der Waals surface area contributed by atoms with Crippen LogP contribution in [0.5, 0.6) is 0 Å². The average Bonchev–Trinajstić information content (AvgIpc) is 2.61. The number of halogens is 1. The van der Waals surface area contributed by atoms with Crippen LogP contribution in [0.3, 0.4) is 0 Å². The minimum atomic E-state index is -0.679. The van der Waals surface area contributed by atoms with Crippen LogP contribution in [0.1, 0.15) is 31.1 Å². The summed E-state index contributed by atoms with van der Waals surface area (Å²) in [7, 11) is 0. The molecule has 0 aromatic heterocycles. The van der Waals surface area contributed by atoms with Gasteiger partial charge in [0.15, 0.2) is 0 Å². The summed E-state index contributed by atoms with van der Waals surface area (Å²) in [5, 5.41) is 7.65. The predicted octanol–water partition coefficient (Wildman–Crippen LogP) is 3.54. The van der Waals surface area contributed by atoms with Gasteiger partial charge in [-0.1, -0.05) is 0 Å². The third-order valence-electron chi connectivity index (χ3n) is 3.33. The average molecular weight is 387 g/mol. The topological polar surface area (TPSA) is 96.5 Å². The lowest BCUT2D eigenvalue weighted by Crippen LogP contribution is -2.37. The number of benzene rings is 2. The lowest BCUT2D eigenvalue weighted by Gasteiger charge is -2.19. The maximum absolute atomic E-state index is 12.9. The fourth-order valence-electron chi connectivity index (χ4n) is 2.11. The third kappa shape index (κ3) is 7.06. The van der Waals surface area contributed by atoms with Crippen LogP contribution >= 0.6 is 0 Å². The second kappa shape index (κ2) is 8.98. The highest BCUT2D eigenvalue weighted by Gasteiger charge is 2.16. The van der Waals surface area contributed by atoms with Gasteiger partial charge in [0.05, 0.1) is 0 Å². The van der Waals surface area contributed by atoms with Crippen molar-refractivity contribution in [3.05, 3.63) is 59.9 Å². The molecule has 148 valence electrons. The van der Waals surface area contributed by atoms with Gasteiger partial charge in [-0.05, 0) is 69.3 Å². The smallest absolute Gasteiger partial charge is 0.408 e. The molecular weight excluding hydrogens is 365 g/mol. The van der Waals surface area contributed by atoms with Crippen LogP contribution < -0.4 is 16.0 Å². The summed E-state index contributed by atoms with van der Waals surface area (Å²) in [6.45, 7) is 4.94. The van der Waals surface area contributed by atoms with Crippen LogP contribution in [0, 0.1) is 5.82 Å². The highest BCUT2D eigenvalue weighted by molar-refractivity contribution is 6.04. The number of hydrogen-bond donors (Lipinski definition) is 3. The van der Waals surface area contributed by atoms with Crippen molar-refractivity contribution >= 4 is 29.3 Å². The van der Waals surface area contributed by atoms with Gasteiger partial charge >= 0.3 is 6.09 Å². The molecule has 0 radical (unpaired) electrons. The first-order valence-electron chi connectivity index (χ1n) is 8.56. The predicted molar refractivity (Wildman–Crippen MR) is 104 cm³/mol. The molecule has 3 amide bonds. The zero-order chi connectivity index (χ0) is 20.7. The normalized spacial score (nSPS) is 10.7. The Kier molecular flexibility index (Phi) is 6.70. The molecule has 0 aliphatic rings. The first-order chi connectivity index (χ1) is 13.1. The number of alkyl carbamates (subject to hydrolysis) is 1. The van der Waals surface area contributed by atoms with Crippen LogP contribution in [-0.2, 0) is 9.53 Å². The van der Waals surface area contributed by atoms with Crippen LogP contribution in [0.25, 0.3) is 0 Å². The van der Waals surface area contributed by atoms with Crippen molar-refractivity contribution in [2.45, 2.75) is 26.4 Å². The molecule has 28 heavy (non-hydrogen) atoms. The van der Waals surface area contributed by atoms with Gasteiger partial charge in [0, 0.05) is 16.9 Å². The van der Waals surface area contributed by atoms with Gasteiger partial charge in [0.1, 0.15) is 18.0 Å². The molecule has 8 heteroatoms. The van der Waals surface area contributed by atoms with Crippen molar-refractivity contribution in [3.8, 4) is 0 Å². The van der Waals surface area contributed by atoms with E-state index >= 15 is 0 Å². The van der Waals surface area contributed by atoms with E-state index < -0.39 is 23.4 Å². The maximum Gasteiger partial charge on any atom is 0.408 e.